The molecule has 7 nitrogen and oxygen atoms in total. The number of nitrogens with zero attached hydrogens (tertiary/aromatic N) is 7. The Kier molecular flexibility index (Phi) is 6.78. The van der Waals surface area contributed by atoms with Gasteiger partial charge < -0.3 is 14.7 Å². The Balaban J connectivity index is 1.61. The highest BCUT2D eigenvalue weighted by Gasteiger charge is 2.20. The highest BCUT2D eigenvalue weighted by Crippen LogP contribution is 2.24. The molecule has 0 amide bonds. The van der Waals surface area contributed by atoms with Crippen LogP contribution >= 0.6 is 0 Å². The van der Waals surface area contributed by atoms with E-state index in [-0.39, 0.29) is 0 Å². The lowest BCUT2D eigenvalue weighted by atomic mass is 9.98. The Bertz CT molecular complexity index is 723. The van der Waals surface area contributed by atoms with E-state index in [1.165, 1.54) is 0 Å². The van der Waals surface area contributed by atoms with Crippen LogP contribution in [0, 0.1) is 6.92 Å². The monoisotopic (exact) mass is 383 g/mol. The Labute approximate surface area is 168 Å². The van der Waals surface area contributed by atoms with E-state index in [1.807, 2.05) is 31.7 Å². The fraction of sp³-hybridized carbons (Fsp3) is 0.619. The number of rotatable bonds is 7. The van der Waals surface area contributed by atoms with Gasteiger partial charge in [-0.15, -0.1) is 0 Å². The molecular formula is C21H33N7. The van der Waals surface area contributed by atoms with Crippen LogP contribution in [0.4, 0.5) is 11.6 Å². The lowest BCUT2D eigenvalue weighted by molar-refractivity contribution is 0.312. The molecule has 0 spiro atoms. The minimum atomic E-state index is 0.330. The topological polar surface area (TPSA) is 61.3 Å². The zero-order chi connectivity index (χ0) is 20.1. The van der Waals surface area contributed by atoms with Gasteiger partial charge in [0.15, 0.2) is 0 Å². The number of hydrogen-bond acceptors (Lipinski definition) is 7. The van der Waals surface area contributed by atoms with Crippen LogP contribution in [0.1, 0.15) is 44.5 Å². The summed E-state index contributed by atoms with van der Waals surface area (Å²) in [5.74, 6) is 2.25. The normalized spacial score (nSPS) is 17.4. The van der Waals surface area contributed by atoms with Gasteiger partial charge in [0.25, 0.3) is 0 Å². The molecule has 1 aliphatic rings. The molecule has 152 valence electrons. The largest absolute Gasteiger partial charge is 0.353 e. The van der Waals surface area contributed by atoms with Crippen LogP contribution in [0.25, 0.3) is 0 Å². The maximum absolute atomic E-state index is 4.73. The van der Waals surface area contributed by atoms with Crippen molar-refractivity contribution >= 4 is 11.6 Å². The third kappa shape index (κ3) is 4.95. The molecule has 0 N–H and O–H groups in total. The van der Waals surface area contributed by atoms with E-state index in [2.05, 4.69) is 52.5 Å². The van der Waals surface area contributed by atoms with E-state index in [0.29, 0.717) is 12.0 Å². The predicted octanol–water partition coefficient (Wildman–Crippen LogP) is 2.74. The van der Waals surface area contributed by atoms with Gasteiger partial charge in [-0.1, -0.05) is 6.92 Å². The standard InChI is InChI=1S/C21H33N7/c1-6-28(21-15-22-17(3)12-24-21)18(4)11-16(2)19-13-25-20(14-23-19)27-9-7-26(5)8-10-27/h12-16,18H,6-11H2,1-5H3. The van der Waals surface area contributed by atoms with E-state index < -0.39 is 0 Å². The minimum Gasteiger partial charge on any atom is -0.353 e. The van der Waals surface area contributed by atoms with E-state index in [1.54, 1.807) is 0 Å². The summed E-state index contributed by atoms with van der Waals surface area (Å²) in [6, 6.07) is 0.344. The molecular weight excluding hydrogens is 350 g/mol. The van der Waals surface area contributed by atoms with E-state index in [9.17, 15) is 0 Å². The summed E-state index contributed by atoms with van der Waals surface area (Å²) in [5, 5.41) is 0. The third-order valence-electron chi connectivity index (χ3n) is 5.62. The molecule has 0 radical (unpaired) electrons. The summed E-state index contributed by atoms with van der Waals surface area (Å²) >= 11 is 0. The van der Waals surface area contributed by atoms with Crippen molar-refractivity contribution in [2.75, 3.05) is 49.6 Å². The second-order valence-corrected chi connectivity index (χ2v) is 7.88. The van der Waals surface area contributed by atoms with Crippen LogP contribution in [0.15, 0.2) is 24.8 Å². The maximum atomic E-state index is 4.73. The van der Waals surface area contributed by atoms with Crippen molar-refractivity contribution in [3.05, 3.63) is 36.2 Å². The summed E-state index contributed by atoms with van der Waals surface area (Å²) in [5.41, 5.74) is 1.99. The minimum absolute atomic E-state index is 0.330. The van der Waals surface area contributed by atoms with Crippen LogP contribution in [0.5, 0.6) is 0 Å². The number of likely N-dealkylation sites (N-methyl/N-ethyl adjacent to an activating group) is 1. The van der Waals surface area contributed by atoms with Gasteiger partial charge in [-0.25, -0.2) is 9.97 Å². The SMILES string of the molecule is CCN(c1cnc(C)cn1)C(C)CC(C)c1cnc(N2CCN(C)CC2)cn1. The molecule has 0 saturated carbocycles. The summed E-state index contributed by atoms with van der Waals surface area (Å²) in [7, 11) is 2.16. The third-order valence-corrected chi connectivity index (χ3v) is 5.62. The first kappa shape index (κ1) is 20.5. The Morgan fingerprint density at radius 1 is 0.964 bits per heavy atom. The van der Waals surface area contributed by atoms with Crippen LogP contribution in [-0.2, 0) is 0 Å². The fourth-order valence-electron chi connectivity index (χ4n) is 3.78. The highest BCUT2D eigenvalue weighted by atomic mass is 15.3. The van der Waals surface area contributed by atoms with Crippen LogP contribution < -0.4 is 9.80 Å². The number of hydrogen-bond donors (Lipinski definition) is 0. The number of aryl methyl sites for hydroxylation is 1. The van der Waals surface area contributed by atoms with E-state index in [0.717, 1.165) is 62.2 Å². The van der Waals surface area contributed by atoms with Gasteiger partial charge in [0.1, 0.15) is 11.6 Å². The maximum Gasteiger partial charge on any atom is 0.147 e. The Morgan fingerprint density at radius 3 is 2.29 bits per heavy atom. The molecule has 0 bridgehead atoms. The van der Waals surface area contributed by atoms with Gasteiger partial charge in [-0.05, 0) is 34.2 Å². The van der Waals surface area contributed by atoms with Crippen LogP contribution in [-0.4, -0.2) is 70.6 Å². The van der Waals surface area contributed by atoms with Gasteiger partial charge in [-0.3, -0.25) is 9.97 Å². The van der Waals surface area contributed by atoms with Crippen molar-refractivity contribution in [2.24, 2.45) is 0 Å². The van der Waals surface area contributed by atoms with Crippen molar-refractivity contribution < 1.29 is 0 Å². The smallest absolute Gasteiger partial charge is 0.147 e. The van der Waals surface area contributed by atoms with Crippen molar-refractivity contribution in [1.82, 2.24) is 24.8 Å². The molecule has 2 atom stereocenters. The second-order valence-electron chi connectivity index (χ2n) is 7.88. The molecule has 3 heterocycles. The number of anilines is 2. The first-order valence-electron chi connectivity index (χ1n) is 10.3. The first-order chi connectivity index (χ1) is 13.5. The summed E-state index contributed by atoms with van der Waals surface area (Å²) in [6.07, 6.45) is 8.57. The average Bonchev–Trinajstić information content (AvgIpc) is 2.70. The summed E-state index contributed by atoms with van der Waals surface area (Å²) < 4.78 is 0. The van der Waals surface area contributed by atoms with Gasteiger partial charge in [0.2, 0.25) is 0 Å². The molecule has 2 aromatic heterocycles. The Hall–Kier alpha value is -2.28. The van der Waals surface area contributed by atoms with Gasteiger partial charge >= 0.3 is 0 Å². The molecule has 3 rings (SSSR count). The van der Waals surface area contributed by atoms with Crippen molar-refractivity contribution in [2.45, 2.75) is 46.1 Å². The lowest BCUT2D eigenvalue weighted by Crippen LogP contribution is -2.44. The molecule has 0 aromatic carbocycles. The average molecular weight is 384 g/mol. The Morgan fingerprint density at radius 2 is 1.71 bits per heavy atom. The van der Waals surface area contributed by atoms with Crippen molar-refractivity contribution in [3.63, 3.8) is 0 Å². The molecule has 2 unspecified atom stereocenters. The molecule has 1 saturated heterocycles. The molecule has 2 aromatic rings. The van der Waals surface area contributed by atoms with Gasteiger partial charge in [0.05, 0.1) is 36.2 Å². The molecule has 1 aliphatic heterocycles. The highest BCUT2D eigenvalue weighted by molar-refractivity contribution is 5.38. The fourth-order valence-corrected chi connectivity index (χ4v) is 3.78. The molecule has 1 fully saturated rings. The first-order valence-corrected chi connectivity index (χ1v) is 10.3. The predicted molar refractivity (Wildman–Crippen MR) is 114 cm³/mol. The van der Waals surface area contributed by atoms with Crippen molar-refractivity contribution in [1.29, 1.82) is 0 Å². The zero-order valence-corrected chi connectivity index (χ0v) is 17.8. The number of aromatic nitrogens is 4. The zero-order valence-electron chi connectivity index (χ0n) is 17.8. The van der Waals surface area contributed by atoms with Crippen LogP contribution in [0.2, 0.25) is 0 Å². The quantitative estimate of drug-likeness (QED) is 0.728. The number of piperazine rings is 1. The van der Waals surface area contributed by atoms with E-state index in [4.69, 9.17) is 9.97 Å². The lowest BCUT2D eigenvalue weighted by Gasteiger charge is -2.33. The van der Waals surface area contributed by atoms with Gasteiger partial charge in [0, 0.05) is 44.7 Å². The molecule has 0 aliphatic carbocycles. The summed E-state index contributed by atoms with van der Waals surface area (Å²) in [6.45, 7) is 13.7. The molecule has 7 heteroatoms. The van der Waals surface area contributed by atoms with Gasteiger partial charge in [-0.2, -0.15) is 0 Å². The second kappa shape index (κ2) is 9.28. The van der Waals surface area contributed by atoms with E-state index >= 15 is 0 Å². The van der Waals surface area contributed by atoms with Crippen molar-refractivity contribution in [3.8, 4) is 0 Å². The van der Waals surface area contributed by atoms with Crippen LogP contribution in [0.3, 0.4) is 0 Å². The summed E-state index contributed by atoms with van der Waals surface area (Å²) in [4.78, 5) is 25.3. The molecule has 28 heavy (non-hydrogen) atoms.